The van der Waals surface area contributed by atoms with Gasteiger partial charge in [0.15, 0.2) is 11.2 Å². The number of para-hydroxylation sites is 1. The zero-order chi connectivity index (χ0) is 19.6. The monoisotopic (exact) mass is 377 g/mol. The van der Waals surface area contributed by atoms with Crippen molar-refractivity contribution in [2.45, 2.75) is 12.3 Å². The number of hydrogen-bond donors (Lipinski definition) is 2. The number of amides is 1. The van der Waals surface area contributed by atoms with Gasteiger partial charge in [-0.05, 0) is 23.8 Å². The number of benzene rings is 2. The molecule has 0 unspecified atom stereocenters. The van der Waals surface area contributed by atoms with Gasteiger partial charge in [0.1, 0.15) is 5.58 Å². The van der Waals surface area contributed by atoms with Crippen molar-refractivity contribution >= 4 is 16.9 Å². The zero-order valence-electron chi connectivity index (χ0n) is 13.8. The molecule has 27 heavy (non-hydrogen) atoms. The van der Waals surface area contributed by atoms with Gasteiger partial charge in [-0.15, -0.1) is 0 Å². The summed E-state index contributed by atoms with van der Waals surface area (Å²) in [4.78, 5) is 24.2. The van der Waals surface area contributed by atoms with Crippen molar-refractivity contribution in [3.8, 4) is 0 Å². The molecule has 3 aromatic rings. The molecule has 0 radical (unpaired) electrons. The normalized spacial score (nSPS) is 12.7. The van der Waals surface area contributed by atoms with Crippen LogP contribution >= 0.6 is 0 Å². The average molecular weight is 377 g/mol. The van der Waals surface area contributed by atoms with E-state index in [4.69, 9.17) is 4.42 Å². The first-order chi connectivity index (χ1) is 12.8. The molecule has 0 aliphatic heterocycles. The Morgan fingerprint density at radius 3 is 2.52 bits per heavy atom. The first-order valence-electron chi connectivity index (χ1n) is 7.92. The fraction of sp³-hybridized carbons (Fsp3) is 0.158. The molecule has 1 aromatic heterocycles. The molecular formula is C19H14F3NO4. The van der Waals surface area contributed by atoms with Gasteiger partial charge in [-0.25, -0.2) is 0 Å². The molecule has 5 nitrogen and oxygen atoms in total. The van der Waals surface area contributed by atoms with E-state index in [0.717, 1.165) is 18.2 Å². The van der Waals surface area contributed by atoms with Gasteiger partial charge in [-0.3, -0.25) is 9.59 Å². The van der Waals surface area contributed by atoms with E-state index in [-0.39, 0.29) is 16.9 Å². The second-order valence-corrected chi connectivity index (χ2v) is 5.78. The van der Waals surface area contributed by atoms with E-state index in [9.17, 15) is 27.9 Å². The van der Waals surface area contributed by atoms with Crippen LogP contribution in [0, 0.1) is 0 Å². The minimum atomic E-state index is -4.63. The van der Waals surface area contributed by atoms with Gasteiger partial charge in [0.25, 0.3) is 5.91 Å². The van der Waals surface area contributed by atoms with Crippen LogP contribution in [0.2, 0.25) is 0 Å². The number of hydrogen-bond acceptors (Lipinski definition) is 4. The highest BCUT2D eigenvalue weighted by Gasteiger charge is 2.34. The molecule has 1 atom stereocenters. The van der Waals surface area contributed by atoms with Gasteiger partial charge in [0, 0.05) is 12.6 Å². The third kappa shape index (κ3) is 4.01. The summed E-state index contributed by atoms with van der Waals surface area (Å²) in [6, 6.07) is 11.9. The van der Waals surface area contributed by atoms with Crippen LogP contribution in [0.4, 0.5) is 13.2 Å². The number of nitrogens with one attached hydrogen (secondary N) is 1. The van der Waals surface area contributed by atoms with Crippen LogP contribution in [0.1, 0.15) is 27.8 Å². The molecule has 0 bridgehead atoms. The number of aliphatic hydroxyl groups is 1. The summed E-state index contributed by atoms with van der Waals surface area (Å²) in [6.07, 6.45) is -6.22. The molecular weight excluding hydrogens is 363 g/mol. The Labute approximate surface area is 151 Å². The van der Waals surface area contributed by atoms with Crippen LogP contribution in [0.15, 0.2) is 63.8 Å². The fourth-order valence-corrected chi connectivity index (χ4v) is 2.65. The number of rotatable bonds is 4. The quantitative estimate of drug-likeness (QED) is 0.731. The van der Waals surface area contributed by atoms with E-state index in [2.05, 4.69) is 5.32 Å². The predicted octanol–water partition coefficient (Wildman–Crippen LogP) is 3.28. The summed E-state index contributed by atoms with van der Waals surface area (Å²) < 4.78 is 44.4. The number of fused-ring (bicyclic) bond motifs is 1. The van der Waals surface area contributed by atoms with Crippen LogP contribution in [0.25, 0.3) is 11.0 Å². The molecule has 8 heteroatoms. The predicted molar refractivity (Wildman–Crippen MR) is 91.2 cm³/mol. The summed E-state index contributed by atoms with van der Waals surface area (Å²) in [5.74, 6) is -1.11. The Hall–Kier alpha value is -3.13. The van der Waals surface area contributed by atoms with Crippen molar-refractivity contribution in [2.24, 2.45) is 0 Å². The molecule has 1 amide bonds. The maximum absolute atomic E-state index is 13.0. The number of carbonyl (C=O) groups is 1. The standard InChI is InChI=1S/C19H14F3NO4/c20-19(21,22)13-7-3-1-5-11(13)15(25)10-23-18(26)17-9-14(24)12-6-2-4-8-16(12)27-17/h1-9,15,25H,10H2,(H,23,26)/t15-/m1/s1. The molecule has 3 rings (SSSR count). The minimum Gasteiger partial charge on any atom is -0.451 e. The van der Waals surface area contributed by atoms with Crippen LogP contribution in [0.5, 0.6) is 0 Å². The molecule has 1 heterocycles. The van der Waals surface area contributed by atoms with Gasteiger partial charge in [0.05, 0.1) is 17.1 Å². The van der Waals surface area contributed by atoms with Gasteiger partial charge in [-0.2, -0.15) is 13.2 Å². The topological polar surface area (TPSA) is 79.5 Å². The van der Waals surface area contributed by atoms with Crippen molar-refractivity contribution in [2.75, 3.05) is 6.54 Å². The van der Waals surface area contributed by atoms with Crippen molar-refractivity contribution in [1.29, 1.82) is 0 Å². The highest BCUT2D eigenvalue weighted by atomic mass is 19.4. The smallest absolute Gasteiger partial charge is 0.416 e. The molecule has 0 aliphatic carbocycles. The Morgan fingerprint density at radius 1 is 1.11 bits per heavy atom. The van der Waals surface area contributed by atoms with E-state index < -0.39 is 35.7 Å². The van der Waals surface area contributed by atoms with E-state index in [1.165, 1.54) is 18.2 Å². The van der Waals surface area contributed by atoms with Crippen molar-refractivity contribution in [3.05, 3.63) is 81.7 Å². The number of carbonyl (C=O) groups excluding carboxylic acids is 1. The van der Waals surface area contributed by atoms with Gasteiger partial charge < -0.3 is 14.8 Å². The minimum absolute atomic E-state index is 0.207. The first kappa shape index (κ1) is 18.7. The fourth-order valence-electron chi connectivity index (χ4n) is 2.65. The first-order valence-corrected chi connectivity index (χ1v) is 7.92. The van der Waals surface area contributed by atoms with Gasteiger partial charge in [0.2, 0.25) is 0 Å². The van der Waals surface area contributed by atoms with E-state index in [0.29, 0.717) is 5.39 Å². The molecule has 2 aromatic carbocycles. The van der Waals surface area contributed by atoms with Crippen LogP contribution < -0.4 is 10.7 Å². The third-order valence-corrected chi connectivity index (χ3v) is 3.94. The number of aliphatic hydroxyl groups excluding tert-OH is 1. The molecule has 0 aliphatic rings. The third-order valence-electron chi connectivity index (χ3n) is 3.94. The van der Waals surface area contributed by atoms with Crippen molar-refractivity contribution < 1.29 is 27.5 Å². The summed E-state index contributed by atoms with van der Waals surface area (Å²) in [5, 5.41) is 12.7. The summed E-state index contributed by atoms with van der Waals surface area (Å²) in [6.45, 7) is -0.484. The number of halogens is 3. The second-order valence-electron chi connectivity index (χ2n) is 5.78. The van der Waals surface area contributed by atoms with Gasteiger partial charge in [-0.1, -0.05) is 30.3 Å². The Kier molecular flexibility index (Phi) is 5.00. The van der Waals surface area contributed by atoms with E-state index in [1.807, 2.05) is 0 Å². The molecule has 140 valence electrons. The summed E-state index contributed by atoms with van der Waals surface area (Å²) in [5.41, 5.74) is -1.56. The summed E-state index contributed by atoms with van der Waals surface area (Å²) in [7, 11) is 0. The second kappa shape index (κ2) is 7.24. The highest BCUT2D eigenvalue weighted by molar-refractivity contribution is 5.93. The van der Waals surface area contributed by atoms with Gasteiger partial charge >= 0.3 is 6.18 Å². The zero-order valence-corrected chi connectivity index (χ0v) is 13.8. The Balaban J connectivity index is 1.78. The van der Waals surface area contributed by atoms with Crippen LogP contribution in [0.3, 0.4) is 0 Å². The summed E-state index contributed by atoms with van der Waals surface area (Å²) >= 11 is 0. The Bertz CT molecular complexity index is 1040. The molecule has 0 saturated carbocycles. The van der Waals surface area contributed by atoms with E-state index in [1.54, 1.807) is 18.2 Å². The van der Waals surface area contributed by atoms with Crippen molar-refractivity contribution in [3.63, 3.8) is 0 Å². The lowest BCUT2D eigenvalue weighted by molar-refractivity contribution is -0.139. The highest BCUT2D eigenvalue weighted by Crippen LogP contribution is 2.34. The lowest BCUT2D eigenvalue weighted by atomic mass is 10.0. The molecule has 2 N–H and O–H groups in total. The Morgan fingerprint density at radius 2 is 1.78 bits per heavy atom. The number of alkyl halides is 3. The molecule has 0 fully saturated rings. The van der Waals surface area contributed by atoms with Crippen molar-refractivity contribution in [1.82, 2.24) is 5.32 Å². The average Bonchev–Trinajstić information content (AvgIpc) is 2.65. The molecule has 0 saturated heterocycles. The lowest BCUT2D eigenvalue weighted by Gasteiger charge is -2.17. The van der Waals surface area contributed by atoms with E-state index >= 15 is 0 Å². The maximum Gasteiger partial charge on any atom is 0.416 e. The molecule has 0 spiro atoms. The maximum atomic E-state index is 13.0. The largest absolute Gasteiger partial charge is 0.451 e. The lowest BCUT2D eigenvalue weighted by Crippen LogP contribution is -2.29. The van der Waals surface area contributed by atoms with Crippen LogP contribution in [-0.2, 0) is 6.18 Å². The SMILES string of the molecule is O=C(NC[C@@H](O)c1ccccc1C(F)(F)F)c1cc(=O)c2ccccc2o1. The van der Waals surface area contributed by atoms with Crippen LogP contribution in [-0.4, -0.2) is 17.6 Å².